The predicted octanol–water partition coefficient (Wildman–Crippen LogP) is 6.05. The Balaban J connectivity index is 2.72. The fourth-order valence-electron chi connectivity index (χ4n) is 1.85. The van der Waals surface area contributed by atoms with Gasteiger partial charge in [-0.3, -0.25) is 5.10 Å². The molecule has 0 fully saturated rings. The molecular formula is C13H4Cl4F3N3. The van der Waals surface area contributed by atoms with E-state index in [-0.39, 0.29) is 37.1 Å². The maximum absolute atomic E-state index is 12.8. The summed E-state index contributed by atoms with van der Waals surface area (Å²) in [5, 5.41) is 14.7. The second-order valence-electron chi connectivity index (χ2n) is 4.22. The third-order valence-electron chi connectivity index (χ3n) is 2.78. The standard InChI is InChI=1S/C13H4Cl4F3N3/c14-7-1-5(13(18,19)20)2-8(15)11(7)12-6(3-10(16)17)9(4-21)22-23-12/h1-3H,(H,22,23). The minimum atomic E-state index is -4.60. The maximum Gasteiger partial charge on any atom is 0.416 e. The van der Waals surface area contributed by atoms with E-state index in [0.717, 1.165) is 12.1 Å². The van der Waals surface area contributed by atoms with Crippen LogP contribution in [0.5, 0.6) is 0 Å². The lowest BCUT2D eigenvalue weighted by Crippen LogP contribution is -2.05. The molecule has 1 heterocycles. The maximum atomic E-state index is 12.8. The van der Waals surface area contributed by atoms with Crippen LogP contribution in [0, 0.1) is 11.3 Å². The molecule has 0 amide bonds. The molecule has 23 heavy (non-hydrogen) atoms. The molecule has 0 spiro atoms. The van der Waals surface area contributed by atoms with Gasteiger partial charge in [-0.15, -0.1) is 0 Å². The zero-order chi connectivity index (χ0) is 17.4. The van der Waals surface area contributed by atoms with Crippen LogP contribution < -0.4 is 0 Å². The first kappa shape index (κ1) is 18.0. The van der Waals surface area contributed by atoms with Crippen molar-refractivity contribution in [2.75, 3.05) is 0 Å². The number of alkyl halides is 3. The third kappa shape index (κ3) is 3.75. The molecule has 0 unspecified atom stereocenters. The van der Waals surface area contributed by atoms with Gasteiger partial charge in [0, 0.05) is 11.1 Å². The van der Waals surface area contributed by atoms with E-state index in [2.05, 4.69) is 10.2 Å². The monoisotopic (exact) mass is 399 g/mol. The molecule has 3 nitrogen and oxygen atoms in total. The molecule has 120 valence electrons. The first-order valence-electron chi connectivity index (χ1n) is 5.73. The van der Waals surface area contributed by atoms with Crippen LogP contribution in [0.15, 0.2) is 16.6 Å². The van der Waals surface area contributed by atoms with Crippen molar-refractivity contribution in [2.24, 2.45) is 0 Å². The molecule has 1 aromatic heterocycles. The molecule has 0 radical (unpaired) electrons. The highest BCUT2D eigenvalue weighted by Crippen LogP contribution is 2.41. The number of H-pyrrole nitrogens is 1. The summed E-state index contributed by atoms with van der Waals surface area (Å²) in [4.78, 5) is 0. The van der Waals surface area contributed by atoms with Crippen molar-refractivity contribution in [3.8, 4) is 17.3 Å². The minimum Gasteiger partial charge on any atom is -0.276 e. The van der Waals surface area contributed by atoms with Gasteiger partial charge in [0.1, 0.15) is 10.6 Å². The van der Waals surface area contributed by atoms with E-state index in [1.165, 1.54) is 6.08 Å². The van der Waals surface area contributed by atoms with Crippen molar-refractivity contribution in [1.29, 1.82) is 5.26 Å². The number of nitrogens with zero attached hydrogens (tertiary/aromatic N) is 2. The highest BCUT2D eigenvalue weighted by Gasteiger charge is 2.32. The highest BCUT2D eigenvalue weighted by atomic mass is 35.5. The Kier molecular flexibility index (Phi) is 5.17. The Bertz CT molecular complexity index is 807. The number of rotatable bonds is 2. The van der Waals surface area contributed by atoms with Crippen molar-refractivity contribution in [1.82, 2.24) is 10.2 Å². The molecule has 0 atom stereocenters. The summed E-state index contributed by atoms with van der Waals surface area (Å²) in [7, 11) is 0. The zero-order valence-electron chi connectivity index (χ0n) is 10.8. The minimum absolute atomic E-state index is 0.0520. The average molecular weight is 401 g/mol. The van der Waals surface area contributed by atoms with Gasteiger partial charge >= 0.3 is 6.18 Å². The summed E-state index contributed by atoms with van der Waals surface area (Å²) in [6, 6.07) is 3.25. The molecular weight excluding hydrogens is 397 g/mol. The first-order valence-corrected chi connectivity index (χ1v) is 7.24. The smallest absolute Gasteiger partial charge is 0.276 e. The van der Waals surface area contributed by atoms with Gasteiger partial charge in [-0.1, -0.05) is 46.4 Å². The van der Waals surface area contributed by atoms with Crippen LogP contribution in [0.1, 0.15) is 16.8 Å². The lowest BCUT2D eigenvalue weighted by molar-refractivity contribution is -0.137. The summed E-state index contributed by atoms with van der Waals surface area (Å²) in [6.45, 7) is 0. The fourth-order valence-corrected chi connectivity index (χ4v) is 2.75. The van der Waals surface area contributed by atoms with Crippen LogP contribution in [0.4, 0.5) is 13.2 Å². The summed E-state index contributed by atoms with van der Waals surface area (Å²) in [5.41, 5.74) is -0.717. The number of halogens is 7. The Hall–Kier alpha value is -1.39. The van der Waals surface area contributed by atoms with Crippen molar-refractivity contribution in [2.45, 2.75) is 6.18 Å². The van der Waals surface area contributed by atoms with E-state index < -0.39 is 11.7 Å². The van der Waals surface area contributed by atoms with E-state index in [1.807, 2.05) is 0 Å². The van der Waals surface area contributed by atoms with Crippen LogP contribution in [0.3, 0.4) is 0 Å². The molecule has 0 aliphatic carbocycles. The number of benzene rings is 1. The lowest BCUT2D eigenvalue weighted by atomic mass is 10.0. The van der Waals surface area contributed by atoms with Gasteiger partial charge in [0.2, 0.25) is 0 Å². The van der Waals surface area contributed by atoms with E-state index in [1.54, 1.807) is 6.07 Å². The topological polar surface area (TPSA) is 52.5 Å². The Morgan fingerprint density at radius 2 is 1.78 bits per heavy atom. The van der Waals surface area contributed by atoms with Crippen LogP contribution in [0.2, 0.25) is 10.0 Å². The molecule has 2 rings (SSSR count). The number of aromatic amines is 1. The SMILES string of the molecule is N#Cc1n[nH]c(-c2c(Cl)cc(C(F)(F)F)cc2Cl)c1C=C(Cl)Cl. The lowest BCUT2D eigenvalue weighted by Gasteiger charge is -2.12. The van der Waals surface area contributed by atoms with Gasteiger partial charge in [0.15, 0.2) is 5.69 Å². The molecule has 10 heteroatoms. The van der Waals surface area contributed by atoms with Gasteiger partial charge < -0.3 is 0 Å². The van der Waals surface area contributed by atoms with Gasteiger partial charge in [0.25, 0.3) is 0 Å². The summed E-state index contributed by atoms with van der Waals surface area (Å²) < 4.78 is 38.1. The molecule has 0 saturated heterocycles. The first-order chi connectivity index (χ1) is 10.6. The predicted molar refractivity (Wildman–Crippen MR) is 83.4 cm³/mol. The summed E-state index contributed by atoms with van der Waals surface area (Å²) >= 11 is 23.0. The quantitative estimate of drug-likeness (QED) is 0.666. The van der Waals surface area contributed by atoms with Crippen molar-refractivity contribution in [3.05, 3.63) is 43.5 Å². The number of aromatic nitrogens is 2. The van der Waals surface area contributed by atoms with Crippen LogP contribution in [0.25, 0.3) is 17.3 Å². The van der Waals surface area contributed by atoms with E-state index >= 15 is 0 Å². The number of nitriles is 1. The molecule has 1 N–H and O–H groups in total. The summed E-state index contributed by atoms with van der Waals surface area (Å²) in [6.07, 6.45) is -3.38. The van der Waals surface area contributed by atoms with Gasteiger partial charge in [-0.25, -0.2) is 0 Å². The van der Waals surface area contributed by atoms with Crippen molar-refractivity contribution >= 4 is 52.5 Å². The third-order valence-corrected chi connectivity index (χ3v) is 3.60. The average Bonchev–Trinajstić information content (AvgIpc) is 2.79. The second kappa shape index (κ2) is 6.62. The van der Waals surface area contributed by atoms with Gasteiger partial charge in [-0.2, -0.15) is 23.5 Å². The van der Waals surface area contributed by atoms with Crippen molar-refractivity contribution in [3.63, 3.8) is 0 Å². The van der Waals surface area contributed by atoms with E-state index in [0.29, 0.717) is 0 Å². The Morgan fingerprint density at radius 1 is 1.22 bits per heavy atom. The Morgan fingerprint density at radius 3 is 2.22 bits per heavy atom. The molecule has 0 saturated carbocycles. The number of nitrogens with one attached hydrogen (secondary N) is 1. The van der Waals surface area contributed by atoms with E-state index in [9.17, 15) is 13.2 Å². The van der Waals surface area contributed by atoms with Crippen LogP contribution >= 0.6 is 46.4 Å². The summed E-state index contributed by atoms with van der Waals surface area (Å²) in [5.74, 6) is 0. The molecule has 2 aromatic rings. The number of hydrogen-bond acceptors (Lipinski definition) is 2. The second-order valence-corrected chi connectivity index (χ2v) is 6.04. The molecule has 0 aliphatic rings. The van der Waals surface area contributed by atoms with Crippen LogP contribution in [-0.2, 0) is 6.18 Å². The largest absolute Gasteiger partial charge is 0.416 e. The fraction of sp³-hybridized carbons (Fsp3) is 0.0769. The van der Waals surface area contributed by atoms with E-state index in [4.69, 9.17) is 51.7 Å². The normalized spacial score (nSPS) is 11.2. The molecule has 0 bridgehead atoms. The van der Waals surface area contributed by atoms with Crippen LogP contribution in [-0.4, -0.2) is 10.2 Å². The van der Waals surface area contributed by atoms with Gasteiger partial charge in [-0.05, 0) is 18.2 Å². The number of hydrogen-bond donors (Lipinski definition) is 1. The molecule has 0 aliphatic heterocycles. The highest BCUT2D eigenvalue weighted by molar-refractivity contribution is 6.57. The van der Waals surface area contributed by atoms with Crippen molar-refractivity contribution < 1.29 is 13.2 Å². The zero-order valence-corrected chi connectivity index (χ0v) is 13.8. The Labute approximate surface area is 148 Å². The van der Waals surface area contributed by atoms with Gasteiger partial charge in [0.05, 0.1) is 21.3 Å². The molecule has 1 aromatic carbocycles.